The number of nitrogens with one attached hydrogen (secondary N) is 1. The molecule has 0 spiro atoms. The zero-order valence-electron chi connectivity index (χ0n) is 14.4. The zero-order chi connectivity index (χ0) is 16.1. The molecule has 2 aliphatic rings. The second-order valence-corrected chi connectivity index (χ2v) is 13.0. The number of hydrogen-bond donors (Lipinski definition) is 2. The van der Waals surface area contributed by atoms with Crippen molar-refractivity contribution in [3.8, 4) is 0 Å². The van der Waals surface area contributed by atoms with E-state index >= 15 is 0 Å². The molecular formula is C15H31NO4Si. The van der Waals surface area contributed by atoms with Gasteiger partial charge in [-0.05, 0) is 32.0 Å². The molecule has 2 rings (SSSR count). The van der Waals surface area contributed by atoms with Crippen molar-refractivity contribution in [3.05, 3.63) is 0 Å². The molecule has 0 saturated carbocycles. The average molecular weight is 318 g/mol. The summed E-state index contributed by atoms with van der Waals surface area (Å²) < 4.78 is 17.5. The normalized spacial score (nSPS) is 36.6. The topological polar surface area (TPSA) is 60.0 Å². The minimum atomic E-state index is -1.76. The van der Waals surface area contributed by atoms with Gasteiger partial charge in [-0.25, -0.2) is 0 Å². The first kappa shape index (κ1) is 17.4. The van der Waals surface area contributed by atoms with Crippen LogP contribution in [0.25, 0.3) is 0 Å². The number of hydrogen-bond acceptors (Lipinski definition) is 5. The molecule has 0 radical (unpaired) electrons. The molecule has 0 bridgehead atoms. The van der Waals surface area contributed by atoms with E-state index in [2.05, 4.69) is 39.2 Å². The van der Waals surface area contributed by atoms with E-state index in [1.54, 1.807) is 0 Å². The molecule has 0 aromatic rings. The quantitative estimate of drug-likeness (QED) is 0.775. The molecule has 0 aromatic heterocycles. The first-order valence-corrected chi connectivity index (χ1v) is 10.7. The summed E-state index contributed by atoms with van der Waals surface area (Å²) >= 11 is 0. The van der Waals surface area contributed by atoms with Gasteiger partial charge in [-0.3, -0.25) is 0 Å². The van der Waals surface area contributed by atoms with Crippen LogP contribution in [0.15, 0.2) is 0 Å². The van der Waals surface area contributed by atoms with Gasteiger partial charge in [0.25, 0.3) is 0 Å². The summed E-state index contributed by atoms with van der Waals surface area (Å²) in [5, 5.41) is 13.9. The van der Waals surface area contributed by atoms with Gasteiger partial charge in [0.05, 0.1) is 31.4 Å². The number of ether oxygens (including phenoxy) is 2. The second kappa shape index (κ2) is 5.58. The Morgan fingerprint density at radius 2 is 1.95 bits per heavy atom. The summed E-state index contributed by atoms with van der Waals surface area (Å²) in [5.74, 6) is -0.547. The van der Waals surface area contributed by atoms with Crippen LogP contribution in [0.1, 0.15) is 34.6 Å². The number of rotatable bonds is 4. The van der Waals surface area contributed by atoms with Gasteiger partial charge in [0.1, 0.15) is 6.10 Å². The largest absolute Gasteiger partial charge is 0.415 e. The maximum Gasteiger partial charge on any atom is 0.192 e. The molecule has 4 unspecified atom stereocenters. The Morgan fingerprint density at radius 3 is 2.38 bits per heavy atom. The third kappa shape index (κ3) is 3.68. The predicted octanol–water partition coefficient (Wildman–Crippen LogP) is 1.86. The van der Waals surface area contributed by atoms with E-state index < -0.39 is 20.2 Å². The summed E-state index contributed by atoms with van der Waals surface area (Å²) in [6, 6.07) is -0.0590. The Morgan fingerprint density at radius 1 is 1.33 bits per heavy atom. The highest BCUT2D eigenvalue weighted by Gasteiger charge is 2.49. The molecule has 2 aliphatic heterocycles. The predicted molar refractivity (Wildman–Crippen MR) is 84.8 cm³/mol. The van der Waals surface area contributed by atoms with Crippen LogP contribution in [-0.4, -0.2) is 56.7 Å². The minimum Gasteiger partial charge on any atom is -0.415 e. The Hall–Kier alpha value is 0.0169. The van der Waals surface area contributed by atoms with Crippen molar-refractivity contribution in [1.82, 2.24) is 5.32 Å². The lowest BCUT2D eigenvalue weighted by Crippen LogP contribution is -2.72. The van der Waals surface area contributed by atoms with Crippen molar-refractivity contribution in [3.63, 3.8) is 0 Å². The van der Waals surface area contributed by atoms with Crippen LogP contribution in [0.3, 0.4) is 0 Å². The van der Waals surface area contributed by atoms with Gasteiger partial charge in [-0.2, -0.15) is 0 Å². The van der Waals surface area contributed by atoms with Crippen molar-refractivity contribution in [2.75, 3.05) is 13.2 Å². The highest BCUT2D eigenvalue weighted by molar-refractivity contribution is 6.74. The van der Waals surface area contributed by atoms with Crippen molar-refractivity contribution < 1.29 is 19.0 Å². The van der Waals surface area contributed by atoms with Crippen LogP contribution in [0, 0.1) is 0 Å². The molecule has 21 heavy (non-hydrogen) atoms. The van der Waals surface area contributed by atoms with Crippen LogP contribution in [-0.2, 0) is 13.9 Å². The van der Waals surface area contributed by atoms with E-state index in [1.165, 1.54) is 0 Å². The molecule has 2 fully saturated rings. The molecule has 4 atom stereocenters. The lowest BCUT2D eigenvalue weighted by molar-refractivity contribution is -0.156. The van der Waals surface area contributed by atoms with Crippen LogP contribution in [0.4, 0.5) is 0 Å². The Labute approximate surface area is 129 Å². The summed E-state index contributed by atoms with van der Waals surface area (Å²) in [7, 11) is -1.76. The Balaban J connectivity index is 1.80. The molecule has 2 heterocycles. The van der Waals surface area contributed by atoms with E-state index in [-0.39, 0.29) is 23.2 Å². The van der Waals surface area contributed by atoms with E-state index in [9.17, 15) is 5.11 Å². The summed E-state index contributed by atoms with van der Waals surface area (Å²) in [5.41, 5.74) is 0. The van der Waals surface area contributed by atoms with Crippen LogP contribution in [0.5, 0.6) is 0 Å². The van der Waals surface area contributed by atoms with Gasteiger partial charge in [0.2, 0.25) is 0 Å². The van der Waals surface area contributed by atoms with E-state index in [4.69, 9.17) is 13.9 Å². The number of aliphatic hydroxyl groups is 1. The van der Waals surface area contributed by atoms with Gasteiger partial charge >= 0.3 is 0 Å². The van der Waals surface area contributed by atoms with Crippen molar-refractivity contribution in [1.29, 1.82) is 0 Å². The molecule has 0 amide bonds. The smallest absolute Gasteiger partial charge is 0.192 e. The van der Waals surface area contributed by atoms with E-state index in [0.29, 0.717) is 13.2 Å². The summed E-state index contributed by atoms with van der Waals surface area (Å²) in [6.45, 7) is 16.0. The zero-order valence-corrected chi connectivity index (χ0v) is 15.4. The molecule has 2 N–H and O–H groups in total. The standard InChI is InChI=1S/C15H31NO4Si/c1-14(2,3)21(6,7)19-8-10-13(17)12(16-10)11-9-18-15(4,5)20-11/h10-13,16-17H,8-9H2,1-7H3. The third-order valence-corrected chi connectivity index (χ3v) is 9.55. The highest BCUT2D eigenvalue weighted by atomic mass is 28.4. The van der Waals surface area contributed by atoms with E-state index in [1.807, 2.05) is 13.8 Å². The molecule has 0 aromatic carbocycles. The number of aliphatic hydroxyl groups excluding tert-OH is 1. The fraction of sp³-hybridized carbons (Fsp3) is 1.00. The lowest BCUT2D eigenvalue weighted by atomic mass is 9.89. The van der Waals surface area contributed by atoms with Crippen molar-refractivity contribution in [2.45, 2.75) is 82.8 Å². The third-order valence-electron chi connectivity index (χ3n) is 5.05. The average Bonchev–Trinajstić information content (AvgIpc) is 2.65. The van der Waals surface area contributed by atoms with Crippen LogP contribution in [0.2, 0.25) is 18.1 Å². The SMILES string of the molecule is CC1(C)OCC(C2NC(CO[Si](C)(C)C(C)(C)C)C2O)O1. The maximum absolute atomic E-state index is 10.3. The van der Waals surface area contributed by atoms with Gasteiger partial charge in [-0.15, -0.1) is 0 Å². The Bertz CT molecular complexity index is 380. The van der Waals surface area contributed by atoms with Gasteiger partial charge in [0.15, 0.2) is 14.1 Å². The molecule has 5 nitrogen and oxygen atoms in total. The highest BCUT2D eigenvalue weighted by Crippen LogP contribution is 2.37. The minimum absolute atomic E-state index is 0.00330. The maximum atomic E-state index is 10.3. The van der Waals surface area contributed by atoms with E-state index in [0.717, 1.165) is 0 Å². The fourth-order valence-electron chi connectivity index (χ4n) is 2.46. The van der Waals surface area contributed by atoms with Gasteiger partial charge in [0, 0.05) is 0 Å². The first-order valence-electron chi connectivity index (χ1n) is 7.83. The second-order valence-electron chi connectivity index (χ2n) is 8.23. The van der Waals surface area contributed by atoms with Gasteiger partial charge in [-0.1, -0.05) is 20.8 Å². The molecular weight excluding hydrogens is 286 g/mol. The summed E-state index contributed by atoms with van der Waals surface area (Å²) in [4.78, 5) is 0. The van der Waals surface area contributed by atoms with Gasteiger partial charge < -0.3 is 24.3 Å². The summed E-state index contributed by atoms with van der Waals surface area (Å²) in [6.07, 6.45) is -0.517. The molecule has 2 saturated heterocycles. The van der Waals surface area contributed by atoms with Crippen molar-refractivity contribution in [2.24, 2.45) is 0 Å². The molecule has 124 valence electrons. The van der Waals surface area contributed by atoms with Crippen LogP contribution < -0.4 is 5.32 Å². The van der Waals surface area contributed by atoms with Crippen molar-refractivity contribution >= 4 is 8.32 Å². The van der Waals surface area contributed by atoms with Crippen LogP contribution >= 0.6 is 0 Å². The lowest BCUT2D eigenvalue weighted by Gasteiger charge is -2.47. The molecule has 6 heteroatoms. The first-order chi connectivity index (χ1) is 9.43. The molecule has 0 aliphatic carbocycles. The Kier molecular flexibility index (Phi) is 4.62. The monoisotopic (exact) mass is 317 g/mol. The fourth-order valence-corrected chi connectivity index (χ4v) is 3.49.